The zero-order valence-corrected chi connectivity index (χ0v) is 10.5. The van der Waals surface area contributed by atoms with Gasteiger partial charge >= 0.3 is 6.18 Å². The lowest BCUT2D eigenvalue weighted by atomic mass is 10.2. The highest BCUT2D eigenvalue weighted by Crippen LogP contribution is 2.32. The van der Waals surface area contributed by atoms with Crippen LogP contribution in [-0.4, -0.2) is 22.8 Å². The predicted molar refractivity (Wildman–Crippen MR) is 66.1 cm³/mol. The van der Waals surface area contributed by atoms with Crippen molar-refractivity contribution in [2.75, 3.05) is 12.8 Å². The van der Waals surface area contributed by atoms with Crippen LogP contribution >= 0.6 is 0 Å². The monoisotopic (exact) mass is 273 g/mol. The minimum absolute atomic E-state index is 0.0694. The van der Waals surface area contributed by atoms with Gasteiger partial charge in [-0.3, -0.25) is 0 Å². The number of benzene rings is 1. The fourth-order valence-corrected chi connectivity index (χ4v) is 2.11. The number of alkyl halides is 3. The second kappa shape index (κ2) is 4.64. The van der Waals surface area contributed by atoms with Gasteiger partial charge in [0.1, 0.15) is 5.75 Å². The van der Waals surface area contributed by atoms with Crippen molar-refractivity contribution in [1.29, 1.82) is 0 Å². The van der Waals surface area contributed by atoms with Gasteiger partial charge in [0.25, 0.3) is 0 Å². The summed E-state index contributed by atoms with van der Waals surface area (Å²) in [5, 5.41) is 0. The molecule has 0 aliphatic carbocycles. The van der Waals surface area contributed by atoms with Crippen LogP contribution in [0.3, 0.4) is 0 Å². The predicted octanol–water partition coefficient (Wildman–Crippen LogP) is 3.14. The summed E-state index contributed by atoms with van der Waals surface area (Å²) in [5.41, 5.74) is 6.79. The molecule has 104 valence electrons. The molecule has 4 nitrogen and oxygen atoms in total. The number of rotatable bonds is 3. The summed E-state index contributed by atoms with van der Waals surface area (Å²) in [4.78, 5) is 4.07. The molecule has 0 bridgehead atoms. The number of nitrogens with two attached hydrogens (primary N) is 1. The normalized spacial score (nSPS) is 13.7. The smallest absolute Gasteiger partial charge is 0.391 e. The van der Waals surface area contributed by atoms with E-state index in [1.54, 1.807) is 18.2 Å². The molecule has 0 spiro atoms. The van der Waals surface area contributed by atoms with E-state index in [4.69, 9.17) is 10.5 Å². The fraction of sp³-hybridized carbons (Fsp3) is 0.417. The highest BCUT2D eigenvalue weighted by atomic mass is 19.4. The largest absolute Gasteiger partial charge is 0.497 e. The average Bonchev–Trinajstić information content (AvgIpc) is 2.61. The van der Waals surface area contributed by atoms with Crippen molar-refractivity contribution >= 4 is 17.0 Å². The summed E-state index contributed by atoms with van der Waals surface area (Å²) in [6.45, 7) is 1.47. The Kier molecular flexibility index (Phi) is 3.30. The number of imidazole rings is 1. The molecule has 1 heterocycles. The van der Waals surface area contributed by atoms with Crippen LogP contribution < -0.4 is 10.5 Å². The van der Waals surface area contributed by atoms with Crippen molar-refractivity contribution in [3.63, 3.8) is 0 Å². The van der Waals surface area contributed by atoms with E-state index in [1.165, 1.54) is 18.6 Å². The molecule has 2 aromatic rings. The first-order chi connectivity index (χ1) is 8.81. The number of halogens is 3. The van der Waals surface area contributed by atoms with Gasteiger partial charge in [-0.1, -0.05) is 0 Å². The maximum absolute atomic E-state index is 12.5. The lowest BCUT2D eigenvalue weighted by molar-refractivity contribution is -0.141. The SMILES string of the molecule is COc1ccc2c(c1)nc(N)n2C(C)CC(F)(F)F. The number of nitrogen functional groups attached to an aromatic ring is 1. The molecule has 0 aliphatic heterocycles. The Labute approximate surface area is 108 Å². The summed E-state index contributed by atoms with van der Waals surface area (Å²) in [6.07, 6.45) is -5.19. The Morgan fingerprint density at radius 1 is 1.42 bits per heavy atom. The third kappa shape index (κ3) is 2.74. The van der Waals surface area contributed by atoms with Crippen molar-refractivity contribution in [3.05, 3.63) is 18.2 Å². The van der Waals surface area contributed by atoms with Crippen molar-refractivity contribution < 1.29 is 17.9 Å². The van der Waals surface area contributed by atoms with Crippen molar-refractivity contribution in [2.24, 2.45) is 0 Å². The summed E-state index contributed by atoms with van der Waals surface area (Å²) < 4.78 is 43.8. The molecule has 0 saturated carbocycles. The molecule has 0 fully saturated rings. The highest BCUT2D eigenvalue weighted by Gasteiger charge is 2.31. The Bertz CT molecular complexity index is 592. The highest BCUT2D eigenvalue weighted by molar-refractivity contribution is 5.80. The molecule has 0 aliphatic rings. The lowest BCUT2D eigenvalue weighted by Crippen LogP contribution is -2.17. The van der Waals surface area contributed by atoms with Gasteiger partial charge in [-0.25, -0.2) is 4.98 Å². The van der Waals surface area contributed by atoms with E-state index in [0.717, 1.165) is 0 Å². The second-order valence-electron chi connectivity index (χ2n) is 4.36. The molecule has 0 radical (unpaired) electrons. The topological polar surface area (TPSA) is 53.1 Å². The van der Waals surface area contributed by atoms with Gasteiger partial charge in [-0.05, 0) is 19.1 Å². The van der Waals surface area contributed by atoms with Gasteiger partial charge in [0.15, 0.2) is 0 Å². The Hall–Kier alpha value is -1.92. The van der Waals surface area contributed by atoms with Crippen LogP contribution in [0.15, 0.2) is 18.2 Å². The molecule has 2 N–H and O–H groups in total. The zero-order valence-electron chi connectivity index (χ0n) is 10.5. The molecule has 7 heteroatoms. The molecular formula is C12H14F3N3O. The quantitative estimate of drug-likeness (QED) is 0.934. The molecule has 1 atom stereocenters. The van der Waals surface area contributed by atoms with E-state index < -0.39 is 18.6 Å². The molecule has 1 aromatic heterocycles. The first-order valence-electron chi connectivity index (χ1n) is 5.70. The van der Waals surface area contributed by atoms with Gasteiger partial charge in [0, 0.05) is 12.1 Å². The van der Waals surface area contributed by atoms with Crippen molar-refractivity contribution in [1.82, 2.24) is 9.55 Å². The van der Waals surface area contributed by atoms with Crippen molar-refractivity contribution in [2.45, 2.75) is 25.6 Å². The van der Waals surface area contributed by atoms with E-state index >= 15 is 0 Å². The van der Waals surface area contributed by atoms with Gasteiger partial charge in [-0.15, -0.1) is 0 Å². The summed E-state index contributed by atoms with van der Waals surface area (Å²) in [5.74, 6) is 0.653. The van der Waals surface area contributed by atoms with Crippen LogP contribution in [0.25, 0.3) is 11.0 Å². The Balaban J connectivity index is 2.45. The van der Waals surface area contributed by atoms with E-state index in [-0.39, 0.29) is 5.95 Å². The number of fused-ring (bicyclic) bond motifs is 1. The fourth-order valence-electron chi connectivity index (χ4n) is 2.11. The van der Waals surface area contributed by atoms with Crippen LogP contribution in [0.1, 0.15) is 19.4 Å². The number of aromatic nitrogens is 2. The van der Waals surface area contributed by atoms with Crippen LogP contribution in [0.5, 0.6) is 5.75 Å². The molecule has 1 unspecified atom stereocenters. The zero-order chi connectivity index (χ0) is 14.2. The molecule has 0 saturated heterocycles. The van der Waals surface area contributed by atoms with Gasteiger partial charge in [0.05, 0.1) is 24.6 Å². The Morgan fingerprint density at radius 2 is 2.11 bits per heavy atom. The van der Waals surface area contributed by atoms with Crippen LogP contribution in [-0.2, 0) is 0 Å². The number of hydrogen-bond acceptors (Lipinski definition) is 3. The van der Waals surface area contributed by atoms with E-state index in [0.29, 0.717) is 16.8 Å². The molecule has 0 amide bonds. The first kappa shape index (κ1) is 13.5. The summed E-state index contributed by atoms with van der Waals surface area (Å²) in [7, 11) is 1.51. The second-order valence-corrected chi connectivity index (χ2v) is 4.36. The maximum atomic E-state index is 12.5. The number of ether oxygens (including phenoxy) is 1. The molecule has 19 heavy (non-hydrogen) atoms. The minimum atomic E-state index is -4.24. The first-order valence-corrected chi connectivity index (χ1v) is 5.70. The molecule has 2 rings (SSSR count). The summed E-state index contributed by atoms with van der Waals surface area (Å²) in [6, 6.07) is 4.16. The van der Waals surface area contributed by atoms with E-state index in [2.05, 4.69) is 4.98 Å². The lowest BCUT2D eigenvalue weighted by Gasteiger charge is -2.17. The number of anilines is 1. The summed E-state index contributed by atoms with van der Waals surface area (Å²) >= 11 is 0. The third-order valence-corrected chi connectivity index (χ3v) is 2.89. The van der Waals surface area contributed by atoms with Crippen LogP contribution in [0, 0.1) is 0 Å². The number of nitrogens with zero attached hydrogens (tertiary/aromatic N) is 2. The van der Waals surface area contributed by atoms with Crippen LogP contribution in [0.4, 0.5) is 19.1 Å². The third-order valence-electron chi connectivity index (χ3n) is 2.89. The number of hydrogen-bond donors (Lipinski definition) is 1. The number of methoxy groups -OCH3 is 1. The molecular weight excluding hydrogens is 259 g/mol. The molecule has 1 aromatic carbocycles. The van der Waals surface area contributed by atoms with E-state index in [9.17, 15) is 13.2 Å². The standard InChI is InChI=1S/C12H14F3N3O/c1-7(6-12(13,14)15)18-10-4-3-8(19-2)5-9(10)17-11(18)16/h3-5,7H,6H2,1-2H3,(H2,16,17). The van der Waals surface area contributed by atoms with Gasteiger partial charge < -0.3 is 15.0 Å². The van der Waals surface area contributed by atoms with E-state index in [1.807, 2.05) is 0 Å². The maximum Gasteiger partial charge on any atom is 0.391 e. The van der Waals surface area contributed by atoms with Crippen molar-refractivity contribution in [3.8, 4) is 5.75 Å². The average molecular weight is 273 g/mol. The Morgan fingerprint density at radius 3 is 2.68 bits per heavy atom. The van der Waals surface area contributed by atoms with Gasteiger partial charge in [-0.2, -0.15) is 13.2 Å². The minimum Gasteiger partial charge on any atom is -0.497 e. The van der Waals surface area contributed by atoms with Crippen LogP contribution in [0.2, 0.25) is 0 Å². The van der Waals surface area contributed by atoms with Gasteiger partial charge in [0.2, 0.25) is 5.95 Å².